The number of aromatic nitrogens is 3. The van der Waals surface area contributed by atoms with Gasteiger partial charge in [-0.2, -0.15) is 5.10 Å². The quantitative estimate of drug-likeness (QED) is 0.765. The molecule has 2 heterocycles. The molecular formula is C11H20N4O. The Morgan fingerprint density at radius 3 is 2.69 bits per heavy atom. The lowest BCUT2D eigenvalue weighted by Gasteiger charge is -2.22. The Morgan fingerprint density at radius 2 is 2.19 bits per heavy atom. The first-order valence-electron chi connectivity index (χ1n) is 5.71. The highest BCUT2D eigenvalue weighted by Gasteiger charge is 2.25. The minimum atomic E-state index is -0.00840. The second kappa shape index (κ2) is 4.14. The van der Waals surface area contributed by atoms with Gasteiger partial charge in [0.1, 0.15) is 5.82 Å². The lowest BCUT2D eigenvalue weighted by Crippen LogP contribution is -2.36. The van der Waals surface area contributed by atoms with E-state index in [-0.39, 0.29) is 11.5 Å². The molecule has 0 radical (unpaired) electrons. The van der Waals surface area contributed by atoms with E-state index in [4.69, 9.17) is 4.74 Å². The molecule has 5 heteroatoms. The van der Waals surface area contributed by atoms with Crippen molar-refractivity contribution in [3.63, 3.8) is 0 Å². The van der Waals surface area contributed by atoms with E-state index in [1.54, 1.807) is 0 Å². The molecule has 1 aromatic rings. The van der Waals surface area contributed by atoms with Gasteiger partial charge in [0.25, 0.3) is 0 Å². The van der Waals surface area contributed by atoms with Crippen LogP contribution in [0.4, 0.5) is 0 Å². The van der Waals surface area contributed by atoms with E-state index in [0.29, 0.717) is 6.61 Å². The van der Waals surface area contributed by atoms with Crippen LogP contribution in [0.5, 0.6) is 0 Å². The van der Waals surface area contributed by atoms with Crippen LogP contribution >= 0.6 is 0 Å². The molecule has 5 nitrogen and oxygen atoms in total. The number of nitrogens with zero attached hydrogens (tertiary/aromatic N) is 3. The molecule has 0 aliphatic carbocycles. The fraction of sp³-hybridized carbons (Fsp3) is 0.818. The first-order valence-corrected chi connectivity index (χ1v) is 5.71. The number of nitrogens with one attached hydrogen (secondary N) is 1. The fourth-order valence-electron chi connectivity index (χ4n) is 1.75. The summed E-state index contributed by atoms with van der Waals surface area (Å²) >= 11 is 0. The van der Waals surface area contributed by atoms with Gasteiger partial charge in [0, 0.05) is 19.0 Å². The van der Waals surface area contributed by atoms with Crippen molar-refractivity contribution in [1.29, 1.82) is 0 Å². The third-order valence-electron chi connectivity index (χ3n) is 2.70. The molecule has 1 N–H and O–H groups in total. The number of rotatable bonds is 1. The van der Waals surface area contributed by atoms with Crippen LogP contribution in [0.1, 0.15) is 38.5 Å². The summed E-state index contributed by atoms with van der Waals surface area (Å²) in [6.07, 6.45) is 0. The lowest BCUT2D eigenvalue weighted by molar-refractivity contribution is 0.0730. The second-order valence-corrected chi connectivity index (χ2v) is 5.25. The molecule has 2 rings (SSSR count). The smallest absolute Gasteiger partial charge is 0.156 e. The van der Waals surface area contributed by atoms with Crippen LogP contribution in [-0.2, 0) is 17.2 Å². The Hall–Kier alpha value is -0.940. The monoisotopic (exact) mass is 224 g/mol. The Labute approximate surface area is 96.2 Å². The van der Waals surface area contributed by atoms with Crippen LogP contribution in [0.15, 0.2) is 0 Å². The number of ether oxygens (including phenoxy) is 1. The van der Waals surface area contributed by atoms with Crippen molar-refractivity contribution in [1.82, 2.24) is 20.1 Å². The number of hydrogen-bond acceptors (Lipinski definition) is 4. The molecule has 16 heavy (non-hydrogen) atoms. The standard InChI is InChI=1S/C11H20N4O/c1-11(2,3)10-13-9(15(4)14-10)8-7-16-6-5-12-8/h8,12H,5-7H2,1-4H3. The highest BCUT2D eigenvalue weighted by molar-refractivity contribution is 5.06. The van der Waals surface area contributed by atoms with Crippen LogP contribution in [0.2, 0.25) is 0 Å². The zero-order valence-corrected chi connectivity index (χ0v) is 10.4. The van der Waals surface area contributed by atoms with Gasteiger partial charge in [-0.05, 0) is 0 Å². The van der Waals surface area contributed by atoms with Gasteiger partial charge in [0.15, 0.2) is 5.82 Å². The topological polar surface area (TPSA) is 52.0 Å². The minimum absolute atomic E-state index is 0.00840. The van der Waals surface area contributed by atoms with Crippen molar-refractivity contribution in [2.75, 3.05) is 19.8 Å². The number of morpholine rings is 1. The summed E-state index contributed by atoms with van der Waals surface area (Å²) in [6, 6.07) is 0.169. The predicted octanol–water partition coefficient (Wildman–Crippen LogP) is 0.773. The third-order valence-corrected chi connectivity index (χ3v) is 2.70. The Balaban J connectivity index is 2.24. The molecule has 90 valence electrons. The van der Waals surface area contributed by atoms with Gasteiger partial charge in [-0.25, -0.2) is 4.98 Å². The van der Waals surface area contributed by atoms with Crippen molar-refractivity contribution >= 4 is 0 Å². The fourth-order valence-corrected chi connectivity index (χ4v) is 1.75. The number of aryl methyl sites for hydroxylation is 1. The van der Waals surface area contributed by atoms with E-state index >= 15 is 0 Å². The second-order valence-electron chi connectivity index (χ2n) is 5.25. The van der Waals surface area contributed by atoms with E-state index in [1.807, 2.05) is 11.7 Å². The van der Waals surface area contributed by atoms with E-state index in [2.05, 4.69) is 36.2 Å². The predicted molar refractivity (Wildman–Crippen MR) is 61.3 cm³/mol. The van der Waals surface area contributed by atoms with Crippen LogP contribution in [0.25, 0.3) is 0 Å². The zero-order chi connectivity index (χ0) is 11.8. The average Bonchev–Trinajstić information content (AvgIpc) is 2.61. The van der Waals surface area contributed by atoms with Gasteiger partial charge in [-0.3, -0.25) is 4.68 Å². The maximum absolute atomic E-state index is 5.44. The van der Waals surface area contributed by atoms with Gasteiger partial charge in [-0.1, -0.05) is 20.8 Å². The van der Waals surface area contributed by atoms with Crippen molar-refractivity contribution in [3.8, 4) is 0 Å². The van der Waals surface area contributed by atoms with Crippen molar-refractivity contribution in [2.45, 2.75) is 32.2 Å². The molecule has 1 saturated heterocycles. The third kappa shape index (κ3) is 2.25. The van der Waals surface area contributed by atoms with E-state index < -0.39 is 0 Å². The molecular weight excluding hydrogens is 204 g/mol. The minimum Gasteiger partial charge on any atom is -0.378 e. The van der Waals surface area contributed by atoms with Gasteiger partial charge in [0.2, 0.25) is 0 Å². The largest absolute Gasteiger partial charge is 0.378 e. The molecule has 1 unspecified atom stereocenters. The first-order chi connectivity index (χ1) is 7.48. The van der Waals surface area contributed by atoms with Gasteiger partial charge in [0.05, 0.1) is 19.3 Å². The van der Waals surface area contributed by atoms with E-state index in [9.17, 15) is 0 Å². The summed E-state index contributed by atoms with van der Waals surface area (Å²) < 4.78 is 7.30. The average molecular weight is 224 g/mol. The molecule has 0 saturated carbocycles. The molecule has 1 aromatic heterocycles. The molecule has 1 aliphatic rings. The highest BCUT2D eigenvalue weighted by atomic mass is 16.5. The summed E-state index contributed by atoms with van der Waals surface area (Å²) in [5, 5.41) is 7.86. The summed E-state index contributed by atoms with van der Waals surface area (Å²) in [6.45, 7) is 8.70. The van der Waals surface area contributed by atoms with Gasteiger partial charge >= 0.3 is 0 Å². The summed E-state index contributed by atoms with van der Waals surface area (Å²) in [5.74, 6) is 1.85. The lowest BCUT2D eigenvalue weighted by atomic mass is 9.96. The van der Waals surface area contributed by atoms with Crippen molar-refractivity contribution in [3.05, 3.63) is 11.6 Å². The Bertz CT molecular complexity index is 361. The SMILES string of the molecule is Cn1nc(C(C)(C)C)nc1C1COCCN1. The van der Waals surface area contributed by atoms with Crippen LogP contribution in [0, 0.1) is 0 Å². The molecule has 1 atom stereocenters. The van der Waals surface area contributed by atoms with Crippen molar-refractivity contribution in [2.24, 2.45) is 7.05 Å². The Kier molecular flexibility index (Phi) is 2.99. The molecule has 0 aromatic carbocycles. The van der Waals surface area contributed by atoms with Gasteiger partial charge < -0.3 is 10.1 Å². The summed E-state index contributed by atoms with van der Waals surface area (Å²) in [7, 11) is 1.94. The van der Waals surface area contributed by atoms with E-state index in [0.717, 1.165) is 24.8 Å². The van der Waals surface area contributed by atoms with Crippen LogP contribution in [0.3, 0.4) is 0 Å². The normalized spacial score (nSPS) is 22.4. The van der Waals surface area contributed by atoms with Crippen molar-refractivity contribution < 1.29 is 4.74 Å². The summed E-state index contributed by atoms with van der Waals surface area (Å²) in [4.78, 5) is 4.61. The van der Waals surface area contributed by atoms with Crippen LogP contribution in [-0.4, -0.2) is 34.5 Å². The molecule has 0 bridgehead atoms. The maximum Gasteiger partial charge on any atom is 0.156 e. The van der Waals surface area contributed by atoms with Gasteiger partial charge in [-0.15, -0.1) is 0 Å². The van der Waals surface area contributed by atoms with E-state index in [1.165, 1.54) is 0 Å². The number of hydrogen-bond donors (Lipinski definition) is 1. The molecule has 0 amide bonds. The first kappa shape index (κ1) is 11.5. The maximum atomic E-state index is 5.44. The molecule has 0 spiro atoms. The summed E-state index contributed by atoms with van der Waals surface area (Å²) in [5.41, 5.74) is -0.00840. The Morgan fingerprint density at radius 1 is 1.44 bits per heavy atom. The highest BCUT2D eigenvalue weighted by Crippen LogP contribution is 2.21. The molecule has 1 aliphatic heterocycles. The van der Waals surface area contributed by atoms with Crippen LogP contribution < -0.4 is 5.32 Å². The zero-order valence-electron chi connectivity index (χ0n) is 10.4. The molecule has 1 fully saturated rings.